The molecule has 0 bridgehead atoms. The van der Waals surface area contributed by atoms with E-state index < -0.39 is 0 Å². The summed E-state index contributed by atoms with van der Waals surface area (Å²) >= 11 is 0. The van der Waals surface area contributed by atoms with Crippen molar-refractivity contribution in [3.8, 4) is 0 Å². The monoisotopic (exact) mass is 488 g/mol. The third-order valence-corrected chi connectivity index (χ3v) is 4.29. The Morgan fingerprint density at radius 1 is 1.19 bits per heavy atom. The minimum absolute atomic E-state index is 0. The molecule has 152 valence electrons. The molecule has 8 heteroatoms. The van der Waals surface area contributed by atoms with Crippen LogP contribution in [0.1, 0.15) is 12.8 Å². The molecule has 7 nitrogen and oxygen atoms in total. The predicted molar refractivity (Wildman–Crippen MR) is 123 cm³/mol. The van der Waals surface area contributed by atoms with Crippen LogP contribution < -0.4 is 10.6 Å². The molecule has 0 unspecified atom stereocenters. The van der Waals surface area contributed by atoms with Crippen LogP contribution in [0.2, 0.25) is 0 Å². The molecule has 0 aliphatic carbocycles. The summed E-state index contributed by atoms with van der Waals surface area (Å²) in [4.78, 5) is 11.0. The SMILES string of the molecule is CN=C(NCCCn1cnc2ccccc21)NCCN(C)CCCOC.I. The largest absolute Gasteiger partial charge is 0.385 e. The van der Waals surface area contributed by atoms with E-state index in [9.17, 15) is 0 Å². The molecule has 1 heterocycles. The number of likely N-dealkylation sites (N-methyl/N-ethyl adjacent to an activating group) is 1. The second-order valence-corrected chi connectivity index (χ2v) is 6.36. The molecule has 0 aliphatic heterocycles. The number of aliphatic imine (C=N–C) groups is 1. The van der Waals surface area contributed by atoms with E-state index >= 15 is 0 Å². The molecular weight excluding hydrogens is 455 g/mol. The number of nitrogens with zero attached hydrogens (tertiary/aromatic N) is 4. The van der Waals surface area contributed by atoms with Gasteiger partial charge in [-0.3, -0.25) is 4.99 Å². The van der Waals surface area contributed by atoms with Crippen molar-refractivity contribution in [1.29, 1.82) is 0 Å². The molecule has 1 aromatic heterocycles. The van der Waals surface area contributed by atoms with Crippen molar-refractivity contribution >= 4 is 41.0 Å². The van der Waals surface area contributed by atoms with Gasteiger partial charge in [-0.15, -0.1) is 24.0 Å². The van der Waals surface area contributed by atoms with Gasteiger partial charge >= 0.3 is 0 Å². The number of ether oxygens (including phenoxy) is 1. The van der Waals surface area contributed by atoms with E-state index in [1.807, 2.05) is 18.5 Å². The Morgan fingerprint density at radius 2 is 1.96 bits per heavy atom. The second-order valence-electron chi connectivity index (χ2n) is 6.36. The maximum Gasteiger partial charge on any atom is 0.191 e. The Balaban J connectivity index is 0.00000364. The molecule has 0 aliphatic rings. The summed E-state index contributed by atoms with van der Waals surface area (Å²) in [6.45, 7) is 5.51. The summed E-state index contributed by atoms with van der Waals surface area (Å²) in [6, 6.07) is 8.23. The molecule has 2 N–H and O–H groups in total. The number of aromatic nitrogens is 2. The van der Waals surface area contributed by atoms with Crippen LogP contribution in [0.3, 0.4) is 0 Å². The fraction of sp³-hybridized carbons (Fsp3) is 0.579. The minimum Gasteiger partial charge on any atom is -0.385 e. The van der Waals surface area contributed by atoms with Gasteiger partial charge in [0.15, 0.2) is 5.96 Å². The van der Waals surface area contributed by atoms with E-state index in [-0.39, 0.29) is 24.0 Å². The van der Waals surface area contributed by atoms with Crippen LogP contribution in [0.4, 0.5) is 0 Å². The van der Waals surface area contributed by atoms with Gasteiger partial charge < -0.3 is 24.8 Å². The standard InChI is InChI=1S/C19H32N6O.HI/c1-20-19(22-11-14-24(2)12-7-15-26-3)21-10-6-13-25-16-23-17-8-4-5-9-18(17)25;/h4-5,8-9,16H,6-7,10-15H2,1-3H3,(H2,20,21,22);1H. The summed E-state index contributed by atoms with van der Waals surface area (Å²) in [5, 5.41) is 6.73. The van der Waals surface area contributed by atoms with Crippen LogP contribution in [-0.4, -0.2) is 74.4 Å². The zero-order valence-corrected chi connectivity index (χ0v) is 19.0. The highest BCUT2D eigenvalue weighted by molar-refractivity contribution is 14.0. The van der Waals surface area contributed by atoms with Crippen molar-refractivity contribution in [2.75, 3.05) is 54.0 Å². The van der Waals surface area contributed by atoms with Crippen molar-refractivity contribution in [3.05, 3.63) is 30.6 Å². The minimum atomic E-state index is 0. The molecule has 0 spiro atoms. The molecule has 2 rings (SSSR count). The molecular formula is C19H33IN6O. The number of rotatable bonds is 11. The Hall–Kier alpha value is -1.39. The molecule has 1 aromatic carbocycles. The normalized spacial score (nSPS) is 11.6. The highest BCUT2D eigenvalue weighted by Crippen LogP contribution is 2.11. The molecule has 0 amide bonds. The maximum atomic E-state index is 5.08. The smallest absolute Gasteiger partial charge is 0.191 e. The first-order chi connectivity index (χ1) is 12.7. The number of halogens is 1. The van der Waals surface area contributed by atoms with Gasteiger partial charge in [-0.1, -0.05) is 12.1 Å². The third-order valence-electron chi connectivity index (χ3n) is 4.29. The number of fused-ring (bicyclic) bond motifs is 1. The highest BCUT2D eigenvalue weighted by Gasteiger charge is 2.02. The van der Waals surface area contributed by atoms with Crippen LogP contribution in [-0.2, 0) is 11.3 Å². The van der Waals surface area contributed by atoms with E-state index in [1.165, 1.54) is 5.52 Å². The lowest BCUT2D eigenvalue weighted by Crippen LogP contribution is -2.41. The van der Waals surface area contributed by atoms with Gasteiger partial charge in [-0.2, -0.15) is 0 Å². The summed E-state index contributed by atoms with van der Waals surface area (Å²) in [7, 11) is 5.68. The zero-order chi connectivity index (χ0) is 18.6. The number of methoxy groups -OCH3 is 1. The predicted octanol–water partition coefficient (Wildman–Crippen LogP) is 2.18. The summed E-state index contributed by atoms with van der Waals surface area (Å²) < 4.78 is 7.28. The van der Waals surface area contributed by atoms with Crippen LogP contribution in [0, 0.1) is 0 Å². The quantitative estimate of drug-likeness (QED) is 0.220. The van der Waals surface area contributed by atoms with Crippen molar-refractivity contribution < 1.29 is 4.74 Å². The number of benzene rings is 1. The number of nitrogens with one attached hydrogen (secondary N) is 2. The first-order valence-electron chi connectivity index (χ1n) is 9.26. The molecule has 2 aromatic rings. The van der Waals surface area contributed by atoms with E-state index in [4.69, 9.17) is 4.74 Å². The zero-order valence-electron chi connectivity index (χ0n) is 16.6. The number of aryl methyl sites for hydroxylation is 1. The molecule has 0 radical (unpaired) electrons. The maximum absolute atomic E-state index is 5.08. The van der Waals surface area contributed by atoms with Gasteiger partial charge in [0.1, 0.15) is 0 Å². The van der Waals surface area contributed by atoms with Crippen LogP contribution in [0.5, 0.6) is 0 Å². The van der Waals surface area contributed by atoms with Gasteiger partial charge in [0.2, 0.25) is 0 Å². The Kier molecular flexibility index (Phi) is 12.0. The van der Waals surface area contributed by atoms with E-state index in [2.05, 4.69) is 49.3 Å². The summed E-state index contributed by atoms with van der Waals surface area (Å²) in [5.74, 6) is 0.853. The molecule has 0 fully saturated rings. The third kappa shape index (κ3) is 8.44. The average Bonchev–Trinajstić information content (AvgIpc) is 3.07. The molecule has 0 saturated heterocycles. The topological polar surface area (TPSA) is 66.7 Å². The van der Waals surface area contributed by atoms with Gasteiger partial charge in [0.05, 0.1) is 17.4 Å². The lowest BCUT2D eigenvalue weighted by Gasteiger charge is -2.18. The molecule has 0 atom stereocenters. The van der Waals surface area contributed by atoms with Crippen LogP contribution in [0.25, 0.3) is 11.0 Å². The first-order valence-corrected chi connectivity index (χ1v) is 9.26. The molecule has 0 saturated carbocycles. The number of para-hydroxylation sites is 2. The van der Waals surface area contributed by atoms with Crippen LogP contribution in [0.15, 0.2) is 35.6 Å². The second kappa shape index (κ2) is 13.7. The summed E-state index contributed by atoms with van der Waals surface area (Å²) in [5.41, 5.74) is 2.24. The van der Waals surface area contributed by atoms with Gasteiger partial charge in [-0.25, -0.2) is 4.98 Å². The Bertz CT molecular complexity index is 675. The highest BCUT2D eigenvalue weighted by atomic mass is 127. The number of hydrogen-bond donors (Lipinski definition) is 2. The van der Waals surface area contributed by atoms with Gasteiger partial charge in [0, 0.05) is 53.5 Å². The first kappa shape index (κ1) is 23.6. The fourth-order valence-corrected chi connectivity index (χ4v) is 2.82. The van der Waals surface area contributed by atoms with Crippen molar-refractivity contribution in [3.63, 3.8) is 0 Å². The van der Waals surface area contributed by atoms with Crippen molar-refractivity contribution in [2.24, 2.45) is 4.99 Å². The average molecular weight is 488 g/mol. The summed E-state index contributed by atoms with van der Waals surface area (Å²) in [6.07, 6.45) is 3.98. The Morgan fingerprint density at radius 3 is 2.74 bits per heavy atom. The van der Waals surface area contributed by atoms with Gasteiger partial charge in [-0.05, 0) is 32.0 Å². The fourth-order valence-electron chi connectivity index (χ4n) is 2.82. The number of hydrogen-bond acceptors (Lipinski definition) is 4. The van der Waals surface area contributed by atoms with Crippen molar-refractivity contribution in [1.82, 2.24) is 25.1 Å². The van der Waals surface area contributed by atoms with Gasteiger partial charge in [0.25, 0.3) is 0 Å². The van der Waals surface area contributed by atoms with E-state index in [1.54, 1.807) is 14.2 Å². The Labute approximate surface area is 179 Å². The van der Waals surface area contributed by atoms with E-state index in [0.717, 1.165) is 63.6 Å². The number of imidazole rings is 1. The lowest BCUT2D eigenvalue weighted by atomic mass is 10.3. The number of guanidine groups is 1. The molecule has 27 heavy (non-hydrogen) atoms. The van der Waals surface area contributed by atoms with Crippen LogP contribution >= 0.6 is 24.0 Å². The van der Waals surface area contributed by atoms with Crippen molar-refractivity contribution in [2.45, 2.75) is 19.4 Å². The lowest BCUT2D eigenvalue weighted by molar-refractivity contribution is 0.180. The van der Waals surface area contributed by atoms with E-state index in [0.29, 0.717) is 0 Å².